The van der Waals surface area contributed by atoms with Crippen molar-refractivity contribution in [2.75, 3.05) is 39.3 Å². The molecule has 0 bridgehead atoms. The number of Topliss-reactive ketones (excluding diaryl/α,β-unsaturated/α-hetero) is 1. The number of rotatable bonds is 7. The predicted molar refractivity (Wildman–Crippen MR) is 91.2 cm³/mol. The van der Waals surface area contributed by atoms with E-state index in [1.54, 1.807) is 6.92 Å². The van der Waals surface area contributed by atoms with E-state index in [-0.39, 0.29) is 11.7 Å². The van der Waals surface area contributed by atoms with Crippen LogP contribution in [0.2, 0.25) is 0 Å². The molecule has 0 aliphatic carbocycles. The summed E-state index contributed by atoms with van der Waals surface area (Å²) in [6.07, 6.45) is 1.61. The highest BCUT2D eigenvalue weighted by Crippen LogP contribution is 2.20. The van der Waals surface area contributed by atoms with Crippen LogP contribution in [0.1, 0.15) is 52.4 Å². The van der Waals surface area contributed by atoms with Crippen molar-refractivity contribution in [1.29, 1.82) is 0 Å². The van der Waals surface area contributed by atoms with Crippen LogP contribution in [0, 0.1) is 6.92 Å². The molecule has 1 amide bonds. The SMILES string of the molecule is CCc1c(C(=O)NCCCN2CCNCC2)[nH]c(C)c1C(C)=O. The van der Waals surface area contributed by atoms with Gasteiger partial charge in [-0.3, -0.25) is 9.59 Å². The van der Waals surface area contributed by atoms with E-state index in [1.807, 2.05) is 13.8 Å². The number of aromatic amines is 1. The van der Waals surface area contributed by atoms with E-state index in [0.717, 1.165) is 50.4 Å². The Kier molecular flexibility index (Phi) is 6.36. The van der Waals surface area contributed by atoms with Crippen LogP contribution in [-0.2, 0) is 6.42 Å². The summed E-state index contributed by atoms with van der Waals surface area (Å²) in [5.41, 5.74) is 2.81. The molecule has 0 unspecified atom stereocenters. The standard InChI is InChI=1S/C17H28N4O2/c1-4-14-15(13(3)22)12(2)20-16(14)17(23)19-6-5-9-21-10-7-18-8-11-21/h18,20H,4-11H2,1-3H3,(H,19,23). The zero-order valence-electron chi connectivity index (χ0n) is 14.4. The molecular weight excluding hydrogens is 292 g/mol. The second-order valence-corrected chi connectivity index (χ2v) is 6.09. The highest BCUT2D eigenvalue weighted by Gasteiger charge is 2.21. The summed E-state index contributed by atoms with van der Waals surface area (Å²) in [4.78, 5) is 29.6. The normalized spacial score (nSPS) is 15.6. The van der Waals surface area contributed by atoms with Crippen LogP contribution in [-0.4, -0.2) is 60.8 Å². The summed E-state index contributed by atoms with van der Waals surface area (Å²) in [7, 11) is 0. The Morgan fingerprint density at radius 1 is 1.26 bits per heavy atom. The highest BCUT2D eigenvalue weighted by atomic mass is 16.2. The highest BCUT2D eigenvalue weighted by molar-refractivity contribution is 6.02. The first-order valence-electron chi connectivity index (χ1n) is 8.48. The molecule has 128 valence electrons. The van der Waals surface area contributed by atoms with Crippen molar-refractivity contribution in [3.05, 3.63) is 22.5 Å². The van der Waals surface area contributed by atoms with E-state index in [2.05, 4.69) is 20.5 Å². The predicted octanol–water partition coefficient (Wildman–Crippen LogP) is 1.11. The molecule has 23 heavy (non-hydrogen) atoms. The molecule has 2 heterocycles. The van der Waals surface area contributed by atoms with Crippen LogP contribution < -0.4 is 10.6 Å². The van der Waals surface area contributed by atoms with Gasteiger partial charge in [0.05, 0.1) is 0 Å². The lowest BCUT2D eigenvalue weighted by Gasteiger charge is -2.27. The van der Waals surface area contributed by atoms with Gasteiger partial charge in [-0.15, -0.1) is 0 Å². The maximum atomic E-state index is 12.4. The molecule has 1 aromatic rings. The summed E-state index contributed by atoms with van der Waals surface area (Å²) in [5.74, 6) is -0.105. The Balaban J connectivity index is 1.88. The molecule has 1 aliphatic rings. The Morgan fingerprint density at radius 2 is 1.96 bits per heavy atom. The smallest absolute Gasteiger partial charge is 0.268 e. The quantitative estimate of drug-likeness (QED) is 0.520. The largest absolute Gasteiger partial charge is 0.354 e. The third-order valence-electron chi connectivity index (χ3n) is 4.37. The number of nitrogens with zero attached hydrogens (tertiary/aromatic N) is 1. The van der Waals surface area contributed by atoms with Crippen LogP contribution in [0.4, 0.5) is 0 Å². The van der Waals surface area contributed by atoms with E-state index >= 15 is 0 Å². The molecular formula is C17H28N4O2. The number of hydrogen-bond donors (Lipinski definition) is 3. The lowest BCUT2D eigenvalue weighted by Crippen LogP contribution is -2.44. The number of carbonyl (C=O) groups is 2. The first kappa shape index (κ1) is 17.7. The Labute approximate surface area is 138 Å². The second-order valence-electron chi connectivity index (χ2n) is 6.09. The van der Waals surface area contributed by atoms with E-state index < -0.39 is 0 Å². The average molecular weight is 320 g/mol. The molecule has 0 saturated carbocycles. The number of carbonyl (C=O) groups excluding carboxylic acids is 2. The molecule has 1 aliphatic heterocycles. The van der Waals surface area contributed by atoms with Gasteiger partial charge >= 0.3 is 0 Å². The number of aromatic nitrogens is 1. The number of ketones is 1. The number of nitrogens with one attached hydrogen (secondary N) is 3. The summed E-state index contributed by atoms with van der Waals surface area (Å²) in [5, 5.41) is 6.30. The maximum Gasteiger partial charge on any atom is 0.268 e. The summed E-state index contributed by atoms with van der Waals surface area (Å²) >= 11 is 0. The molecule has 6 nitrogen and oxygen atoms in total. The van der Waals surface area contributed by atoms with Crippen molar-refractivity contribution in [2.45, 2.75) is 33.6 Å². The van der Waals surface area contributed by atoms with E-state index in [0.29, 0.717) is 24.2 Å². The number of H-pyrrole nitrogens is 1. The molecule has 6 heteroatoms. The van der Waals surface area contributed by atoms with E-state index in [9.17, 15) is 9.59 Å². The third-order valence-corrected chi connectivity index (χ3v) is 4.37. The van der Waals surface area contributed by atoms with Crippen LogP contribution in [0.25, 0.3) is 0 Å². The van der Waals surface area contributed by atoms with E-state index in [1.165, 1.54) is 0 Å². The van der Waals surface area contributed by atoms with Gasteiger partial charge in [-0.1, -0.05) is 6.92 Å². The first-order chi connectivity index (χ1) is 11.0. The lowest BCUT2D eigenvalue weighted by atomic mass is 10.0. The van der Waals surface area contributed by atoms with Gasteiger partial charge < -0.3 is 20.5 Å². The van der Waals surface area contributed by atoms with Crippen molar-refractivity contribution in [3.8, 4) is 0 Å². The fraction of sp³-hybridized carbons (Fsp3) is 0.647. The zero-order chi connectivity index (χ0) is 16.8. The van der Waals surface area contributed by atoms with Gasteiger partial charge in [-0.2, -0.15) is 0 Å². The first-order valence-corrected chi connectivity index (χ1v) is 8.48. The van der Waals surface area contributed by atoms with Crippen LogP contribution in [0.3, 0.4) is 0 Å². The van der Waals surface area contributed by atoms with Crippen molar-refractivity contribution in [2.24, 2.45) is 0 Å². The molecule has 1 saturated heterocycles. The maximum absolute atomic E-state index is 12.4. The fourth-order valence-electron chi connectivity index (χ4n) is 3.23. The minimum absolute atomic E-state index is 0.00774. The monoisotopic (exact) mass is 320 g/mol. The Hall–Kier alpha value is -1.66. The van der Waals surface area contributed by atoms with E-state index in [4.69, 9.17) is 0 Å². The molecule has 0 atom stereocenters. The number of hydrogen-bond acceptors (Lipinski definition) is 4. The van der Waals surface area contributed by atoms with Gasteiger partial charge in [0.2, 0.25) is 0 Å². The third kappa shape index (κ3) is 4.42. The minimum Gasteiger partial charge on any atom is -0.354 e. The minimum atomic E-state index is -0.113. The van der Waals surface area contributed by atoms with Crippen molar-refractivity contribution < 1.29 is 9.59 Å². The van der Waals surface area contributed by atoms with Crippen molar-refractivity contribution >= 4 is 11.7 Å². The van der Waals surface area contributed by atoms with Gasteiger partial charge in [-0.05, 0) is 38.8 Å². The molecule has 3 N–H and O–H groups in total. The van der Waals surface area contributed by atoms with Crippen LogP contribution in [0.15, 0.2) is 0 Å². The molecule has 1 aromatic heterocycles. The molecule has 0 aromatic carbocycles. The topological polar surface area (TPSA) is 77.2 Å². The molecule has 2 rings (SSSR count). The number of piperazine rings is 1. The summed E-state index contributed by atoms with van der Waals surface area (Å²) < 4.78 is 0. The molecule has 1 fully saturated rings. The van der Waals surface area contributed by atoms with Gasteiger partial charge in [0.1, 0.15) is 5.69 Å². The van der Waals surface area contributed by atoms with Gasteiger partial charge in [-0.25, -0.2) is 0 Å². The Morgan fingerprint density at radius 3 is 2.57 bits per heavy atom. The van der Waals surface area contributed by atoms with Crippen molar-refractivity contribution in [1.82, 2.24) is 20.5 Å². The fourth-order valence-corrected chi connectivity index (χ4v) is 3.23. The summed E-state index contributed by atoms with van der Waals surface area (Å²) in [6, 6.07) is 0. The van der Waals surface area contributed by atoms with Gasteiger partial charge in [0.25, 0.3) is 5.91 Å². The molecule has 0 spiro atoms. The Bertz CT molecular complexity index is 559. The van der Waals surface area contributed by atoms with Gasteiger partial charge in [0.15, 0.2) is 5.78 Å². The summed E-state index contributed by atoms with van der Waals surface area (Å²) in [6.45, 7) is 11.3. The number of aryl methyl sites for hydroxylation is 1. The second kappa shape index (κ2) is 8.26. The average Bonchev–Trinajstić information content (AvgIpc) is 2.89. The zero-order valence-corrected chi connectivity index (χ0v) is 14.4. The number of amides is 1. The van der Waals surface area contributed by atoms with Crippen LogP contribution >= 0.6 is 0 Å². The molecule has 0 radical (unpaired) electrons. The lowest BCUT2D eigenvalue weighted by molar-refractivity contribution is 0.0945. The van der Waals surface area contributed by atoms with Crippen LogP contribution in [0.5, 0.6) is 0 Å². The van der Waals surface area contributed by atoms with Gasteiger partial charge in [0, 0.05) is 44.0 Å². The van der Waals surface area contributed by atoms with Crippen molar-refractivity contribution in [3.63, 3.8) is 0 Å².